The molecule has 3 rings (SSSR count). The normalized spacial score (nSPS) is 34.6. The van der Waals surface area contributed by atoms with Crippen molar-refractivity contribution in [2.24, 2.45) is 23.5 Å². The van der Waals surface area contributed by atoms with Crippen molar-refractivity contribution in [2.75, 3.05) is 27.3 Å². The number of fused-ring (bicyclic) bond motifs is 3. The van der Waals surface area contributed by atoms with Crippen LogP contribution in [-0.4, -0.2) is 50.3 Å². The topological polar surface area (TPSA) is 74.0 Å². The summed E-state index contributed by atoms with van der Waals surface area (Å²) in [7, 11) is 2.72. The monoisotopic (exact) mass is 427 g/mol. The van der Waals surface area contributed by atoms with E-state index in [0.717, 1.165) is 6.92 Å². The fraction of sp³-hybridized carbons (Fsp3) is 0.708. The third-order valence-electron chi connectivity index (χ3n) is 5.69. The Labute approximate surface area is 193 Å². The van der Waals surface area contributed by atoms with Crippen LogP contribution >= 0.6 is 0 Å². The highest BCUT2D eigenvalue weighted by Crippen LogP contribution is 2.44. The van der Waals surface area contributed by atoms with E-state index in [1.165, 1.54) is 14.2 Å². The summed E-state index contributed by atoms with van der Waals surface area (Å²) in [5.74, 6) is -5.33. The Morgan fingerprint density at radius 2 is 2.10 bits per heavy atom. The van der Waals surface area contributed by atoms with Crippen LogP contribution in [0.5, 0.6) is 11.5 Å². The lowest BCUT2D eigenvalue weighted by atomic mass is 9.79. The molecule has 6 heteroatoms. The second kappa shape index (κ2) is 9.56. The highest BCUT2D eigenvalue weighted by atomic mass is 16.5. The van der Waals surface area contributed by atoms with Crippen molar-refractivity contribution in [2.45, 2.75) is 65.0 Å². The van der Waals surface area contributed by atoms with Gasteiger partial charge in [0.25, 0.3) is 0 Å². The van der Waals surface area contributed by atoms with E-state index < -0.39 is 49.2 Å². The van der Waals surface area contributed by atoms with Crippen LogP contribution in [-0.2, 0) is 16.0 Å². The van der Waals surface area contributed by atoms with Crippen molar-refractivity contribution in [3.8, 4) is 11.5 Å². The summed E-state index contributed by atoms with van der Waals surface area (Å²) in [6.07, 6.45) is -5.17. The number of esters is 1. The first-order chi connectivity index (χ1) is 17.8. The number of methoxy groups -OCH3 is 2. The molecule has 5 atom stereocenters. The van der Waals surface area contributed by atoms with Gasteiger partial charge in [0, 0.05) is 39.7 Å². The van der Waals surface area contributed by atoms with E-state index in [0.29, 0.717) is 24.1 Å². The van der Waals surface area contributed by atoms with E-state index >= 15 is 0 Å². The first-order valence-corrected chi connectivity index (χ1v) is 10.2. The molecule has 1 saturated heterocycles. The maximum absolute atomic E-state index is 13.0. The maximum Gasteiger partial charge on any atom is 0.323 e. The highest BCUT2D eigenvalue weighted by molar-refractivity contribution is 5.76. The Bertz CT molecular complexity index is 1110. The van der Waals surface area contributed by atoms with Crippen LogP contribution in [0.15, 0.2) is 12.1 Å². The number of ether oxygens (including phenoxy) is 3. The van der Waals surface area contributed by atoms with E-state index in [1.54, 1.807) is 18.7 Å². The highest BCUT2D eigenvalue weighted by Gasteiger charge is 2.41. The molecule has 168 valence electrons. The lowest BCUT2D eigenvalue weighted by Crippen LogP contribution is -2.51. The number of benzene rings is 1. The Morgan fingerprint density at radius 3 is 2.73 bits per heavy atom. The molecular formula is C24H38N2O4. The largest absolute Gasteiger partial charge is 0.493 e. The molecule has 2 heterocycles. The predicted molar refractivity (Wildman–Crippen MR) is 118 cm³/mol. The van der Waals surface area contributed by atoms with Crippen molar-refractivity contribution >= 4 is 5.97 Å². The number of carbonyl (C=O) groups is 1. The molecule has 0 spiro atoms. The third kappa shape index (κ3) is 4.75. The fourth-order valence-corrected chi connectivity index (χ4v) is 3.97. The van der Waals surface area contributed by atoms with Gasteiger partial charge in [0.15, 0.2) is 11.5 Å². The van der Waals surface area contributed by atoms with E-state index in [9.17, 15) is 6.17 Å². The molecule has 0 bridgehead atoms. The Balaban J connectivity index is 2.20. The van der Waals surface area contributed by atoms with Crippen LogP contribution in [0.3, 0.4) is 0 Å². The van der Waals surface area contributed by atoms with E-state index in [4.69, 9.17) is 30.9 Å². The average molecular weight is 428 g/mol. The molecule has 6 nitrogen and oxygen atoms in total. The van der Waals surface area contributed by atoms with Crippen LogP contribution in [0.25, 0.3) is 0 Å². The van der Waals surface area contributed by atoms with Gasteiger partial charge in [-0.1, -0.05) is 27.6 Å². The Kier molecular flexibility index (Phi) is 4.33. The summed E-state index contributed by atoms with van der Waals surface area (Å²) >= 11 is 0. The van der Waals surface area contributed by atoms with E-state index in [2.05, 4.69) is 0 Å². The molecule has 4 unspecified atom stereocenters. The van der Waals surface area contributed by atoms with Crippen molar-refractivity contribution in [3.05, 3.63) is 23.2 Å². The number of rotatable bonds is 7. The summed E-state index contributed by atoms with van der Waals surface area (Å²) in [5, 5.41) is 0. The van der Waals surface area contributed by atoms with Gasteiger partial charge >= 0.3 is 5.97 Å². The van der Waals surface area contributed by atoms with Gasteiger partial charge in [-0.2, -0.15) is 0 Å². The molecule has 1 aromatic rings. The van der Waals surface area contributed by atoms with Crippen molar-refractivity contribution < 1.29 is 31.3 Å². The zero-order chi connectivity index (χ0) is 29.9. The summed E-state index contributed by atoms with van der Waals surface area (Å²) < 4.78 is 93.1. The van der Waals surface area contributed by atoms with Crippen molar-refractivity contribution in [3.63, 3.8) is 0 Å². The summed E-state index contributed by atoms with van der Waals surface area (Å²) in [4.78, 5) is 14.8. The number of hydrogen-bond donors (Lipinski definition) is 1. The molecule has 0 aromatic heterocycles. The summed E-state index contributed by atoms with van der Waals surface area (Å²) in [5.41, 5.74) is 6.89. The second-order valence-corrected chi connectivity index (χ2v) is 8.15. The zero-order valence-electron chi connectivity index (χ0n) is 27.3. The molecule has 1 fully saturated rings. The van der Waals surface area contributed by atoms with Crippen molar-refractivity contribution in [1.29, 1.82) is 0 Å². The number of nitrogens with zero attached hydrogens (tertiary/aromatic N) is 1. The van der Waals surface area contributed by atoms with Crippen LogP contribution in [0.1, 0.15) is 69.9 Å². The first kappa shape index (κ1) is 13.6. The molecule has 30 heavy (non-hydrogen) atoms. The van der Waals surface area contributed by atoms with Crippen LogP contribution in [0.2, 0.25) is 0 Å². The quantitative estimate of drug-likeness (QED) is 0.671. The predicted octanol–water partition coefficient (Wildman–Crippen LogP) is 3.56. The molecule has 1 aromatic carbocycles. The molecule has 2 aliphatic rings. The molecule has 2 N–H and O–H groups in total. The van der Waals surface area contributed by atoms with Gasteiger partial charge in [-0.3, -0.25) is 9.69 Å². The number of nitrogens with two attached hydrogens (primary N) is 1. The summed E-state index contributed by atoms with van der Waals surface area (Å²) in [6.45, 7) is 1.39. The minimum Gasteiger partial charge on any atom is -0.493 e. The van der Waals surface area contributed by atoms with E-state index in [-0.39, 0.29) is 42.5 Å². The lowest BCUT2D eigenvalue weighted by molar-refractivity contribution is -0.160. The number of piperidine rings is 1. The molecular weight excluding hydrogens is 380 g/mol. The summed E-state index contributed by atoms with van der Waals surface area (Å²) in [6, 6.07) is -1.89. The van der Waals surface area contributed by atoms with Crippen LogP contribution in [0.4, 0.5) is 0 Å². The molecule has 0 aliphatic carbocycles. The lowest BCUT2D eigenvalue weighted by Gasteiger charge is -2.47. The second-order valence-electron chi connectivity index (χ2n) is 8.15. The first-order valence-electron chi connectivity index (χ1n) is 14.7. The molecule has 0 radical (unpaired) electrons. The smallest absolute Gasteiger partial charge is 0.323 e. The van der Waals surface area contributed by atoms with Gasteiger partial charge in [-0.25, -0.2) is 0 Å². The fourth-order valence-electron chi connectivity index (χ4n) is 3.97. The average Bonchev–Trinajstić information content (AvgIpc) is 2.83. The van der Waals surface area contributed by atoms with Gasteiger partial charge < -0.3 is 19.9 Å². The van der Waals surface area contributed by atoms with Gasteiger partial charge in [0.05, 0.1) is 18.3 Å². The third-order valence-corrected chi connectivity index (χ3v) is 5.69. The number of hydrogen-bond acceptors (Lipinski definition) is 6. The van der Waals surface area contributed by atoms with Crippen LogP contribution in [0, 0.1) is 17.7 Å². The SMILES string of the molecule is [2H]c1c2c(c([2H])c(OC)c1OC)C1CC([2H])(OC(=O)[C@@H](N)C(C)C)C(C([2H])([2H])C([2H])(C)C([2H])([2H])[2H])CN1CC2. The minimum absolute atomic E-state index is 0.0352. The number of carbonyl (C=O) groups excluding carboxylic acids is 1. The zero-order valence-corrected chi connectivity index (χ0v) is 18.3. The molecule has 0 saturated carbocycles. The van der Waals surface area contributed by atoms with Gasteiger partial charge in [0.1, 0.15) is 12.1 Å². The maximum atomic E-state index is 13.0. The van der Waals surface area contributed by atoms with Gasteiger partial charge in [-0.15, -0.1) is 0 Å². The van der Waals surface area contributed by atoms with Gasteiger partial charge in [0.2, 0.25) is 0 Å². The molecule has 0 amide bonds. The standard InChI is InChI=1S/C24H38N2O4/c1-14(2)9-17-13-26-8-7-16-10-21(28-5)22(29-6)11-18(16)19(26)12-20(17)30-24(27)23(25)15(3)4/h10-11,14-15,17,19-20,23H,7-9,12-13,25H2,1-6H3/t17?,19?,20?,23-/m0/s1/i1D3,9D2,10D,11D,14D,20D/t14?,17?,19?,20?,23-. The minimum atomic E-state index is -3.04. The van der Waals surface area contributed by atoms with Crippen molar-refractivity contribution in [1.82, 2.24) is 4.90 Å². The molecule has 2 aliphatic heterocycles. The van der Waals surface area contributed by atoms with Gasteiger partial charge in [-0.05, 0) is 47.8 Å². The Morgan fingerprint density at radius 1 is 1.40 bits per heavy atom. The Hall–Kier alpha value is -1.79. The van der Waals surface area contributed by atoms with Crippen LogP contribution < -0.4 is 15.2 Å². The van der Waals surface area contributed by atoms with E-state index in [1.807, 2.05) is 0 Å².